The molecule has 0 fully saturated rings. The van der Waals surface area contributed by atoms with Crippen LogP contribution in [0.2, 0.25) is 0 Å². The Morgan fingerprint density at radius 2 is 1.71 bits per heavy atom. The quantitative estimate of drug-likeness (QED) is 0.601. The Kier molecular flexibility index (Phi) is 4.43. The van der Waals surface area contributed by atoms with E-state index in [4.69, 9.17) is 5.41 Å². The molecule has 0 saturated carbocycles. The highest BCUT2D eigenvalue weighted by Crippen LogP contribution is 2.36. The van der Waals surface area contributed by atoms with E-state index in [0.29, 0.717) is 16.3 Å². The predicted octanol–water partition coefficient (Wildman–Crippen LogP) is 5.60. The van der Waals surface area contributed by atoms with Crippen LogP contribution in [0.4, 0.5) is 18.9 Å². The van der Waals surface area contributed by atoms with E-state index in [9.17, 15) is 18.3 Å². The molecule has 3 aromatic rings. The molecule has 1 aromatic heterocycles. The van der Waals surface area contributed by atoms with Gasteiger partial charge in [-0.25, -0.2) is 4.98 Å². The smallest absolute Gasteiger partial charge is 0.416 e. The van der Waals surface area contributed by atoms with Crippen LogP contribution in [0.1, 0.15) is 10.6 Å². The number of nitrogens with zero attached hydrogens (tertiary/aromatic N) is 2. The summed E-state index contributed by atoms with van der Waals surface area (Å²) in [6.45, 7) is 0.0137. The summed E-state index contributed by atoms with van der Waals surface area (Å²) in [7, 11) is 0. The van der Waals surface area contributed by atoms with Crippen LogP contribution < -0.4 is 4.90 Å². The van der Waals surface area contributed by atoms with Gasteiger partial charge in [0.25, 0.3) is 0 Å². The van der Waals surface area contributed by atoms with E-state index in [2.05, 4.69) is 4.98 Å². The van der Waals surface area contributed by atoms with Gasteiger partial charge in [-0.2, -0.15) is 13.2 Å². The third-order valence-corrected chi connectivity index (χ3v) is 5.26. The average Bonchev–Trinajstić information content (AvgIpc) is 3.26. The zero-order valence-electron chi connectivity index (χ0n) is 14.4. The van der Waals surface area contributed by atoms with Crippen LogP contribution in [0.15, 0.2) is 65.7 Å². The maximum absolute atomic E-state index is 12.8. The van der Waals surface area contributed by atoms with Crippen molar-refractivity contribution in [3.8, 4) is 11.3 Å². The van der Waals surface area contributed by atoms with Gasteiger partial charge >= 0.3 is 6.18 Å². The van der Waals surface area contributed by atoms with E-state index < -0.39 is 11.7 Å². The van der Waals surface area contributed by atoms with Crippen molar-refractivity contribution in [3.63, 3.8) is 0 Å². The third-order valence-electron chi connectivity index (χ3n) is 4.40. The van der Waals surface area contributed by atoms with Crippen molar-refractivity contribution in [1.82, 2.24) is 4.98 Å². The number of hydrogen-bond acceptors (Lipinski definition) is 4. The molecule has 0 atom stereocenters. The highest BCUT2D eigenvalue weighted by Gasteiger charge is 2.33. The van der Waals surface area contributed by atoms with Crippen LogP contribution in [0, 0.1) is 5.41 Å². The minimum absolute atomic E-state index is 0.00576. The van der Waals surface area contributed by atoms with Crippen LogP contribution in [0.25, 0.3) is 16.8 Å². The van der Waals surface area contributed by atoms with Gasteiger partial charge in [-0.15, -0.1) is 11.3 Å². The highest BCUT2D eigenvalue weighted by molar-refractivity contribution is 7.11. The molecule has 28 heavy (non-hydrogen) atoms. The highest BCUT2D eigenvalue weighted by atomic mass is 32.1. The number of alkyl halides is 3. The summed E-state index contributed by atoms with van der Waals surface area (Å²) in [5, 5.41) is 21.1. The van der Waals surface area contributed by atoms with Crippen molar-refractivity contribution in [1.29, 1.82) is 5.41 Å². The molecule has 4 rings (SSSR count). The van der Waals surface area contributed by atoms with Crippen LogP contribution >= 0.6 is 11.3 Å². The van der Waals surface area contributed by atoms with E-state index >= 15 is 0 Å². The number of aliphatic hydroxyl groups excluding tert-OH is 1. The number of hydrogen-bond donors (Lipinski definition) is 2. The minimum atomic E-state index is -4.42. The Labute approximate surface area is 162 Å². The molecule has 0 saturated heterocycles. The number of aliphatic hydroxyl groups is 1. The monoisotopic (exact) mass is 401 g/mol. The molecule has 2 heterocycles. The van der Waals surface area contributed by atoms with Crippen molar-refractivity contribution in [3.05, 3.63) is 76.3 Å². The average molecular weight is 401 g/mol. The summed E-state index contributed by atoms with van der Waals surface area (Å²) in [5.74, 6) is -0.0231. The van der Waals surface area contributed by atoms with Gasteiger partial charge in [0.15, 0.2) is 0 Å². The van der Waals surface area contributed by atoms with E-state index in [1.807, 2.05) is 35.7 Å². The SMILES string of the molecule is N=C1C(c2nc(-c3ccccc3)cs2)=C(O)CN1c1ccc(C(F)(F)F)cc1. The molecule has 0 unspecified atom stereocenters. The van der Waals surface area contributed by atoms with E-state index in [1.165, 1.54) is 28.4 Å². The number of benzene rings is 2. The molecule has 0 bridgehead atoms. The summed E-state index contributed by atoms with van der Waals surface area (Å²) in [4.78, 5) is 5.98. The van der Waals surface area contributed by atoms with Crippen LogP contribution in [0.5, 0.6) is 0 Å². The topological polar surface area (TPSA) is 60.2 Å². The molecule has 8 heteroatoms. The van der Waals surface area contributed by atoms with Gasteiger partial charge in [-0.05, 0) is 24.3 Å². The standard InChI is InChI=1S/C20H14F3N3OS/c21-20(22,23)13-6-8-14(9-7-13)26-10-16(27)17(18(26)24)19-25-15(11-28-19)12-4-2-1-3-5-12/h1-9,11,24,27H,10H2. The fourth-order valence-electron chi connectivity index (χ4n) is 2.99. The van der Waals surface area contributed by atoms with Crippen molar-refractivity contribution in [2.24, 2.45) is 0 Å². The van der Waals surface area contributed by atoms with Crippen molar-refractivity contribution in [2.75, 3.05) is 11.4 Å². The van der Waals surface area contributed by atoms with Crippen LogP contribution in [0.3, 0.4) is 0 Å². The molecule has 0 aliphatic carbocycles. The molecule has 0 amide bonds. The lowest BCUT2D eigenvalue weighted by Gasteiger charge is -2.19. The largest absolute Gasteiger partial charge is 0.510 e. The van der Waals surface area contributed by atoms with Gasteiger partial charge in [0.05, 0.1) is 23.4 Å². The second kappa shape index (κ2) is 6.79. The van der Waals surface area contributed by atoms with E-state index in [-0.39, 0.29) is 18.1 Å². The number of rotatable bonds is 3. The van der Waals surface area contributed by atoms with Gasteiger partial charge in [0, 0.05) is 16.6 Å². The Hall–Kier alpha value is -3.13. The molecular formula is C20H14F3N3OS. The Bertz CT molecular complexity index is 1060. The first-order valence-electron chi connectivity index (χ1n) is 8.32. The summed E-state index contributed by atoms with van der Waals surface area (Å²) in [5.41, 5.74) is 1.61. The Morgan fingerprint density at radius 1 is 1.04 bits per heavy atom. The van der Waals surface area contributed by atoms with Gasteiger partial charge < -0.3 is 10.0 Å². The van der Waals surface area contributed by atoms with Crippen molar-refractivity contribution >= 4 is 28.4 Å². The first-order chi connectivity index (χ1) is 13.3. The molecule has 2 N–H and O–H groups in total. The lowest BCUT2D eigenvalue weighted by atomic mass is 10.2. The molecule has 0 radical (unpaired) electrons. The molecule has 2 aromatic carbocycles. The number of thiazole rings is 1. The van der Waals surface area contributed by atoms with Gasteiger partial charge in [-0.3, -0.25) is 5.41 Å². The van der Waals surface area contributed by atoms with Gasteiger partial charge in [-0.1, -0.05) is 30.3 Å². The molecule has 1 aliphatic heterocycles. The zero-order chi connectivity index (χ0) is 19.9. The molecule has 4 nitrogen and oxygen atoms in total. The zero-order valence-corrected chi connectivity index (χ0v) is 15.2. The Morgan fingerprint density at radius 3 is 2.36 bits per heavy atom. The van der Waals surface area contributed by atoms with E-state index in [0.717, 1.165) is 23.4 Å². The molecule has 1 aliphatic rings. The fraction of sp³-hybridized carbons (Fsp3) is 0.100. The Balaban J connectivity index is 1.60. The molecule has 0 spiro atoms. The number of nitrogens with one attached hydrogen (secondary N) is 1. The minimum Gasteiger partial charge on any atom is -0.510 e. The lowest BCUT2D eigenvalue weighted by Crippen LogP contribution is -2.26. The number of aromatic nitrogens is 1. The van der Waals surface area contributed by atoms with Gasteiger partial charge in [0.1, 0.15) is 16.6 Å². The third kappa shape index (κ3) is 3.27. The molecule has 142 valence electrons. The number of anilines is 1. The van der Waals surface area contributed by atoms with E-state index in [1.54, 1.807) is 0 Å². The predicted molar refractivity (Wildman–Crippen MR) is 104 cm³/mol. The summed E-state index contributed by atoms with van der Waals surface area (Å²) in [6.07, 6.45) is -4.42. The van der Waals surface area contributed by atoms with Crippen molar-refractivity contribution < 1.29 is 18.3 Å². The lowest BCUT2D eigenvalue weighted by molar-refractivity contribution is -0.137. The number of amidine groups is 1. The summed E-state index contributed by atoms with van der Waals surface area (Å²) < 4.78 is 38.3. The van der Waals surface area contributed by atoms with Crippen LogP contribution in [-0.4, -0.2) is 22.5 Å². The normalized spacial score (nSPS) is 14.8. The first kappa shape index (κ1) is 18.2. The van der Waals surface area contributed by atoms with Crippen LogP contribution in [-0.2, 0) is 6.18 Å². The fourth-order valence-corrected chi connectivity index (χ4v) is 3.88. The maximum atomic E-state index is 12.8. The first-order valence-corrected chi connectivity index (χ1v) is 9.19. The molecular weight excluding hydrogens is 387 g/mol. The second-order valence-electron chi connectivity index (χ2n) is 6.21. The second-order valence-corrected chi connectivity index (χ2v) is 7.06. The van der Waals surface area contributed by atoms with Crippen molar-refractivity contribution in [2.45, 2.75) is 6.18 Å². The summed E-state index contributed by atoms with van der Waals surface area (Å²) in [6, 6.07) is 14.1. The summed E-state index contributed by atoms with van der Waals surface area (Å²) >= 11 is 1.31. The maximum Gasteiger partial charge on any atom is 0.416 e. The van der Waals surface area contributed by atoms with Gasteiger partial charge in [0.2, 0.25) is 0 Å². The number of halogens is 3.